The first kappa shape index (κ1) is 23.2. The van der Waals surface area contributed by atoms with Crippen LogP contribution in [0.1, 0.15) is 54.4 Å². The summed E-state index contributed by atoms with van der Waals surface area (Å²) in [6.45, 7) is 2.09. The number of carbonyl (C=O) groups is 2. The molecular formula is C26H31N5O5. The Morgan fingerprint density at radius 1 is 1.03 bits per heavy atom. The molecule has 4 aliphatic rings. The predicted molar refractivity (Wildman–Crippen MR) is 128 cm³/mol. The van der Waals surface area contributed by atoms with Gasteiger partial charge in [-0.2, -0.15) is 5.10 Å². The lowest BCUT2D eigenvalue weighted by atomic mass is 9.89. The number of ether oxygens (including phenoxy) is 2. The van der Waals surface area contributed by atoms with Crippen molar-refractivity contribution >= 4 is 11.8 Å². The number of aliphatic hydroxyl groups is 1. The third-order valence-electron chi connectivity index (χ3n) is 7.79. The normalized spacial score (nSPS) is 28.9. The third-order valence-corrected chi connectivity index (χ3v) is 7.79. The maximum atomic E-state index is 13.0. The van der Waals surface area contributed by atoms with Crippen molar-refractivity contribution in [2.75, 3.05) is 13.1 Å². The van der Waals surface area contributed by atoms with Crippen LogP contribution >= 0.6 is 0 Å². The molecule has 10 heteroatoms. The van der Waals surface area contributed by atoms with E-state index >= 15 is 0 Å². The van der Waals surface area contributed by atoms with E-state index in [-0.39, 0.29) is 24.0 Å². The lowest BCUT2D eigenvalue weighted by Crippen LogP contribution is -2.62. The van der Waals surface area contributed by atoms with Crippen molar-refractivity contribution in [2.24, 2.45) is 0 Å². The van der Waals surface area contributed by atoms with Crippen molar-refractivity contribution in [2.45, 2.75) is 75.6 Å². The molecule has 2 N–H and O–H groups in total. The molecule has 3 fully saturated rings. The Morgan fingerprint density at radius 2 is 1.89 bits per heavy atom. The van der Waals surface area contributed by atoms with Crippen LogP contribution in [0.5, 0.6) is 11.6 Å². The molecule has 2 saturated heterocycles. The number of carbonyl (C=O) groups excluding carboxylic acids is 2. The van der Waals surface area contributed by atoms with Crippen LogP contribution in [0, 0.1) is 0 Å². The number of amides is 2. The van der Waals surface area contributed by atoms with Gasteiger partial charge in [-0.05, 0) is 55.5 Å². The van der Waals surface area contributed by atoms with Crippen LogP contribution in [-0.2, 0) is 11.3 Å². The molecular weight excluding hydrogens is 462 g/mol. The largest absolute Gasteiger partial charge is 0.489 e. The molecule has 3 aliphatic heterocycles. The molecule has 1 aromatic heterocycles. The van der Waals surface area contributed by atoms with Gasteiger partial charge in [0.15, 0.2) is 0 Å². The van der Waals surface area contributed by atoms with Gasteiger partial charge in [-0.15, -0.1) is 5.10 Å². The van der Waals surface area contributed by atoms with Crippen molar-refractivity contribution in [1.82, 2.24) is 25.3 Å². The molecule has 0 spiro atoms. The smallest absolute Gasteiger partial charge is 0.254 e. The van der Waals surface area contributed by atoms with Gasteiger partial charge < -0.3 is 24.8 Å². The maximum absolute atomic E-state index is 13.0. The molecule has 4 heterocycles. The van der Waals surface area contributed by atoms with Gasteiger partial charge in [0.05, 0.1) is 6.04 Å². The van der Waals surface area contributed by atoms with E-state index in [0.717, 1.165) is 43.7 Å². The number of aromatic nitrogens is 2. The fourth-order valence-electron chi connectivity index (χ4n) is 5.90. The third kappa shape index (κ3) is 4.51. The summed E-state index contributed by atoms with van der Waals surface area (Å²) in [6.07, 6.45) is 5.95. The number of rotatable bonds is 6. The number of benzene rings is 1. The van der Waals surface area contributed by atoms with Crippen molar-refractivity contribution in [3.05, 3.63) is 47.7 Å². The maximum Gasteiger partial charge on any atom is 0.254 e. The van der Waals surface area contributed by atoms with Gasteiger partial charge in [0.25, 0.3) is 5.91 Å². The number of hydrogen-bond acceptors (Lipinski definition) is 8. The summed E-state index contributed by atoms with van der Waals surface area (Å²) >= 11 is 0. The van der Waals surface area contributed by atoms with Gasteiger partial charge in [-0.1, -0.05) is 6.42 Å². The summed E-state index contributed by atoms with van der Waals surface area (Å²) in [6, 6.07) is 9.22. The summed E-state index contributed by atoms with van der Waals surface area (Å²) in [5.41, 5.74) is 1.54. The van der Waals surface area contributed by atoms with E-state index in [1.165, 1.54) is 6.42 Å². The van der Waals surface area contributed by atoms with Crippen molar-refractivity contribution in [3.8, 4) is 11.6 Å². The highest BCUT2D eigenvalue weighted by Crippen LogP contribution is 2.34. The molecule has 190 valence electrons. The zero-order valence-electron chi connectivity index (χ0n) is 20.1. The Kier molecular flexibility index (Phi) is 6.22. The molecule has 2 amide bonds. The Labute approximate surface area is 209 Å². The second-order valence-electron chi connectivity index (χ2n) is 10.1. The van der Waals surface area contributed by atoms with E-state index in [9.17, 15) is 14.7 Å². The standard InChI is InChI=1S/C26H31N5O5/c32-23-10-9-21(25(33)28-23)31-13-16-12-17(7-8-19(16)26(31)34)35-22-5-2-1-4-20(22)30-14-18(15-30)36-24-6-3-11-27-29-24/h3,6-8,11-12,18,20-22,25,33H,1-2,4-5,9-10,13-15H2,(H,28,32). The molecule has 10 nitrogen and oxygen atoms in total. The lowest BCUT2D eigenvalue weighted by Gasteiger charge is -2.47. The molecule has 36 heavy (non-hydrogen) atoms. The zero-order chi connectivity index (χ0) is 24.6. The molecule has 0 bridgehead atoms. The Hall–Kier alpha value is -3.24. The average molecular weight is 494 g/mol. The van der Waals surface area contributed by atoms with Crippen LogP contribution in [0.25, 0.3) is 0 Å². The van der Waals surface area contributed by atoms with Gasteiger partial charge >= 0.3 is 0 Å². The molecule has 4 unspecified atom stereocenters. The van der Waals surface area contributed by atoms with Crippen LogP contribution in [0.15, 0.2) is 36.5 Å². The first-order valence-electron chi connectivity index (χ1n) is 12.8. The number of hydrogen-bond donors (Lipinski definition) is 2. The summed E-state index contributed by atoms with van der Waals surface area (Å²) in [5.74, 6) is 1.03. The number of likely N-dealkylation sites (tertiary alicyclic amines) is 1. The first-order chi connectivity index (χ1) is 17.5. The van der Waals surface area contributed by atoms with Crippen molar-refractivity contribution in [3.63, 3.8) is 0 Å². The number of aliphatic hydroxyl groups excluding tert-OH is 1. The van der Waals surface area contributed by atoms with Gasteiger partial charge in [-0.25, -0.2) is 0 Å². The molecule has 1 saturated carbocycles. The van der Waals surface area contributed by atoms with Gasteiger partial charge in [0, 0.05) is 49.9 Å². The molecule has 4 atom stereocenters. The minimum Gasteiger partial charge on any atom is -0.489 e. The van der Waals surface area contributed by atoms with E-state index in [0.29, 0.717) is 36.9 Å². The van der Waals surface area contributed by atoms with E-state index < -0.39 is 12.3 Å². The zero-order valence-corrected chi connectivity index (χ0v) is 20.1. The van der Waals surface area contributed by atoms with Crippen LogP contribution in [-0.4, -0.2) is 80.5 Å². The van der Waals surface area contributed by atoms with Gasteiger partial charge in [0.1, 0.15) is 24.2 Å². The predicted octanol–water partition coefficient (Wildman–Crippen LogP) is 1.48. The quantitative estimate of drug-likeness (QED) is 0.622. The van der Waals surface area contributed by atoms with Crippen LogP contribution in [0.3, 0.4) is 0 Å². The van der Waals surface area contributed by atoms with Crippen molar-refractivity contribution in [1.29, 1.82) is 0 Å². The average Bonchev–Trinajstić information content (AvgIpc) is 3.18. The summed E-state index contributed by atoms with van der Waals surface area (Å²) in [7, 11) is 0. The fraction of sp³-hybridized carbons (Fsp3) is 0.538. The Bertz CT molecular complexity index is 1120. The second-order valence-corrected chi connectivity index (χ2v) is 10.1. The van der Waals surface area contributed by atoms with Gasteiger partial charge in [0.2, 0.25) is 11.8 Å². The molecule has 2 aromatic rings. The number of nitrogens with one attached hydrogen (secondary N) is 1. The monoisotopic (exact) mass is 493 g/mol. The number of piperidine rings is 1. The summed E-state index contributed by atoms with van der Waals surface area (Å²) in [5, 5.41) is 20.7. The highest BCUT2D eigenvalue weighted by Gasteiger charge is 2.41. The van der Waals surface area contributed by atoms with Crippen molar-refractivity contribution < 1.29 is 24.2 Å². The molecule has 1 aliphatic carbocycles. The van der Waals surface area contributed by atoms with Crippen LogP contribution < -0.4 is 14.8 Å². The van der Waals surface area contributed by atoms with Crippen LogP contribution in [0.2, 0.25) is 0 Å². The molecule has 1 aromatic carbocycles. The number of fused-ring (bicyclic) bond motifs is 1. The molecule has 6 rings (SSSR count). The highest BCUT2D eigenvalue weighted by atomic mass is 16.5. The van der Waals surface area contributed by atoms with E-state index in [1.54, 1.807) is 11.1 Å². The van der Waals surface area contributed by atoms with E-state index in [4.69, 9.17) is 9.47 Å². The highest BCUT2D eigenvalue weighted by molar-refractivity contribution is 5.99. The minimum absolute atomic E-state index is 0.0813. The second kappa shape index (κ2) is 9.67. The summed E-state index contributed by atoms with van der Waals surface area (Å²) in [4.78, 5) is 28.7. The minimum atomic E-state index is -1.04. The van der Waals surface area contributed by atoms with E-state index in [2.05, 4.69) is 20.4 Å². The topological polar surface area (TPSA) is 117 Å². The fourth-order valence-corrected chi connectivity index (χ4v) is 5.90. The Balaban J connectivity index is 1.09. The first-order valence-corrected chi connectivity index (χ1v) is 12.8. The van der Waals surface area contributed by atoms with Gasteiger partial charge in [-0.3, -0.25) is 14.5 Å². The molecule has 0 radical (unpaired) electrons. The SMILES string of the molecule is O=C1CCC(N2Cc3cc(OC4CCCCC4N4CC(Oc5cccnn5)C4)ccc3C2=O)C(O)N1. The Morgan fingerprint density at radius 3 is 2.69 bits per heavy atom. The van der Waals surface area contributed by atoms with E-state index in [1.807, 2.05) is 30.3 Å². The lowest BCUT2D eigenvalue weighted by molar-refractivity contribution is -0.129. The van der Waals surface area contributed by atoms with Crippen LogP contribution in [0.4, 0.5) is 0 Å². The summed E-state index contributed by atoms with van der Waals surface area (Å²) < 4.78 is 12.4. The number of nitrogens with zero attached hydrogens (tertiary/aromatic N) is 4.